The number of benzene rings is 1. The largest absolute Gasteiger partial charge is 0.361 e. The second-order valence-electron chi connectivity index (χ2n) is 5.90. The van der Waals surface area contributed by atoms with E-state index in [1.165, 1.54) is 12.1 Å². The van der Waals surface area contributed by atoms with Crippen LogP contribution in [-0.2, 0) is 11.2 Å². The van der Waals surface area contributed by atoms with Crippen molar-refractivity contribution in [2.75, 3.05) is 19.6 Å². The van der Waals surface area contributed by atoms with Gasteiger partial charge in [0, 0.05) is 25.7 Å². The number of nitrogens with zero attached hydrogens (tertiary/aromatic N) is 2. The lowest BCUT2D eigenvalue weighted by Crippen LogP contribution is -2.55. The summed E-state index contributed by atoms with van der Waals surface area (Å²) in [4.78, 5) is 25.7. The van der Waals surface area contributed by atoms with Gasteiger partial charge in [-0.2, -0.15) is 0 Å². The van der Waals surface area contributed by atoms with Crippen LogP contribution in [-0.4, -0.2) is 41.5 Å². The molecule has 0 unspecified atom stereocenters. The van der Waals surface area contributed by atoms with E-state index >= 15 is 0 Å². The molecule has 1 saturated heterocycles. The summed E-state index contributed by atoms with van der Waals surface area (Å²) in [6, 6.07) is 7.78. The maximum Gasteiger partial charge on any atom is 0.276 e. The molecule has 2 amide bonds. The molecule has 0 saturated carbocycles. The average molecular weight is 331 g/mol. The first-order valence-electron chi connectivity index (χ1n) is 7.77. The smallest absolute Gasteiger partial charge is 0.276 e. The van der Waals surface area contributed by atoms with Crippen molar-refractivity contribution in [1.29, 1.82) is 0 Å². The van der Waals surface area contributed by atoms with Gasteiger partial charge < -0.3 is 14.7 Å². The van der Waals surface area contributed by atoms with Crippen LogP contribution < -0.4 is 5.32 Å². The highest BCUT2D eigenvalue weighted by molar-refractivity contribution is 5.94. The molecule has 1 aliphatic heterocycles. The first-order valence-corrected chi connectivity index (χ1v) is 7.77. The van der Waals surface area contributed by atoms with Crippen molar-refractivity contribution in [3.63, 3.8) is 0 Å². The number of hydrogen-bond donors (Lipinski definition) is 1. The number of rotatable bonds is 5. The molecular weight excluding hydrogens is 313 g/mol. The Morgan fingerprint density at radius 1 is 1.33 bits per heavy atom. The summed E-state index contributed by atoms with van der Waals surface area (Å²) in [6.45, 7) is 2.97. The van der Waals surface area contributed by atoms with Crippen LogP contribution >= 0.6 is 0 Å². The summed E-state index contributed by atoms with van der Waals surface area (Å²) in [5.41, 5.74) is 1.23. The SMILES string of the molecule is Cc1cc(C(=O)N2CC(C(=O)NCCc3ccc(F)cc3)C2)no1. The molecule has 3 rings (SSSR count). The monoisotopic (exact) mass is 331 g/mol. The quantitative estimate of drug-likeness (QED) is 0.902. The molecule has 1 aromatic heterocycles. The number of hydrogen-bond acceptors (Lipinski definition) is 4. The van der Waals surface area contributed by atoms with Crippen molar-refractivity contribution < 1.29 is 18.5 Å². The summed E-state index contributed by atoms with van der Waals surface area (Å²) in [5, 5.41) is 6.53. The molecule has 7 heteroatoms. The summed E-state index contributed by atoms with van der Waals surface area (Å²) in [6.07, 6.45) is 0.638. The number of carbonyl (C=O) groups excluding carboxylic acids is 2. The minimum absolute atomic E-state index is 0.0718. The lowest BCUT2D eigenvalue weighted by Gasteiger charge is -2.37. The molecule has 0 atom stereocenters. The van der Waals surface area contributed by atoms with Crippen molar-refractivity contribution in [2.24, 2.45) is 5.92 Å². The molecule has 0 aliphatic carbocycles. The standard InChI is InChI=1S/C17H18FN3O3/c1-11-8-15(20-24-11)17(23)21-9-13(10-21)16(22)19-7-6-12-2-4-14(18)5-3-12/h2-5,8,13H,6-7,9-10H2,1H3,(H,19,22). The van der Waals surface area contributed by atoms with Crippen LogP contribution in [0, 0.1) is 18.7 Å². The fourth-order valence-electron chi connectivity index (χ4n) is 2.56. The van der Waals surface area contributed by atoms with Crippen LogP contribution in [0.4, 0.5) is 4.39 Å². The van der Waals surface area contributed by atoms with E-state index in [1.807, 2.05) is 0 Å². The van der Waals surface area contributed by atoms with Crippen LogP contribution in [0.5, 0.6) is 0 Å². The van der Waals surface area contributed by atoms with E-state index < -0.39 is 0 Å². The maximum absolute atomic E-state index is 12.8. The van der Waals surface area contributed by atoms with Crippen molar-refractivity contribution in [3.8, 4) is 0 Å². The van der Waals surface area contributed by atoms with Gasteiger partial charge in [-0.05, 0) is 31.0 Å². The van der Waals surface area contributed by atoms with Crippen LogP contribution in [0.3, 0.4) is 0 Å². The van der Waals surface area contributed by atoms with Gasteiger partial charge in [-0.25, -0.2) is 4.39 Å². The third-order valence-corrected chi connectivity index (χ3v) is 4.01. The number of likely N-dealkylation sites (tertiary alicyclic amines) is 1. The van der Waals surface area contributed by atoms with Crippen molar-refractivity contribution >= 4 is 11.8 Å². The maximum atomic E-state index is 12.8. The Bertz CT molecular complexity index is 736. The zero-order chi connectivity index (χ0) is 17.1. The van der Waals surface area contributed by atoms with Gasteiger partial charge >= 0.3 is 0 Å². The molecule has 2 heterocycles. The lowest BCUT2D eigenvalue weighted by atomic mass is 9.98. The fraction of sp³-hybridized carbons (Fsp3) is 0.353. The Hall–Kier alpha value is -2.70. The summed E-state index contributed by atoms with van der Waals surface area (Å²) < 4.78 is 17.7. The van der Waals surface area contributed by atoms with Crippen molar-refractivity contribution in [2.45, 2.75) is 13.3 Å². The second kappa shape index (κ2) is 6.82. The van der Waals surface area contributed by atoms with Gasteiger partial charge in [0.2, 0.25) is 5.91 Å². The number of nitrogens with one attached hydrogen (secondary N) is 1. The van der Waals surface area contributed by atoms with Crippen LogP contribution in [0.25, 0.3) is 0 Å². The minimum Gasteiger partial charge on any atom is -0.361 e. The Kier molecular flexibility index (Phi) is 4.59. The van der Waals surface area contributed by atoms with Gasteiger partial charge in [0.25, 0.3) is 5.91 Å². The van der Waals surface area contributed by atoms with Crippen LogP contribution in [0.1, 0.15) is 21.8 Å². The second-order valence-corrected chi connectivity index (χ2v) is 5.90. The van der Waals surface area contributed by atoms with E-state index in [-0.39, 0.29) is 29.2 Å². The van der Waals surface area contributed by atoms with E-state index in [0.717, 1.165) is 5.56 Å². The highest BCUT2D eigenvalue weighted by atomic mass is 19.1. The molecule has 1 N–H and O–H groups in total. The van der Waals surface area contributed by atoms with E-state index in [1.54, 1.807) is 30.0 Å². The molecule has 1 aliphatic rings. The Morgan fingerprint density at radius 2 is 2.04 bits per heavy atom. The number of amides is 2. The fourth-order valence-corrected chi connectivity index (χ4v) is 2.56. The molecule has 0 bridgehead atoms. The van der Waals surface area contributed by atoms with Gasteiger partial charge in [0.05, 0.1) is 5.92 Å². The molecular formula is C17H18FN3O3. The van der Waals surface area contributed by atoms with Crippen molar-refractivity contribution in [3.05, 3.63) is 53.2 Å². The topological polar surface area (TPSA) is 75.4 Å². The van der Waals surface area contributed by atoms with Gasteiger partial charge in [-0.3, -0.25) is 9.59 Å². The van der Waals surface area contributed by atoms with Crippen LogP contribution in [0.15, 0.2) is 34.9 Å². The third-order valence-electron chi connectivity index (χ3n) is 4.01. The average Bonchev–Trinajstić information content (AvgIpc) is 2.94. The zero-order valence-electron chi connectivity index (χ0n) is 13.3. The molecule has 0 radical (unpaired) electrons. The molecule has 6 nitrogen and oxygen atoms in total. The molecule has 1 fully saturated rings. The minimum atomic E-state index is -0.274. The Labute approximate surface area is 138 Å². The van der Waals surface area contributed by atoms with Crippen molar-refractivity contribution in [1.82, 2.24) is 15.4 Å². The van der Waals surface area contributed by atoms with Gasteiger partial charge in [-0.1, -0.05) is 17.3 Å². The van der Waals surface area contributed by atoms with Gasteiger partial charge in [0.1, 0.15) is 11.6 Å². The summed E-state index contributed by atoms with van der Waals surface area (Å²) in [7, 11) is 0. The van der Waals surface area contributed by atoms with E-state index in [9.17, 15) is 14.0 Å². The zero-order valence-corrected chi connectivity index (χ0v) is 13.3. The van der Waals surface area contributed by atoms with Gasteiger partial charge in [-0.15, -0.1) is 0 Å². The van der Waals surface area contributed by atoms with Gasteiger partial charge in [0.15, 0.2) is 5.69 Å². The number of halogens is 1. The molecule has 2 aromatic rings. The molecule has 1 aromatic carbocycles. The Morgan fingerprint density at radius 3 is 2.67 bits per heavy atom. The normalized spacial score (nSPS) is 14.3. The Balaban J connectivity index is 1.40. The van der Waals surface area contributed by atoms with Crippen LogP contribution in [0.2, 0.25) is 0 Å². The van der Waals surface area contributed by atoms with E-state index in [2.05, 4.69) is 10.5 Å². The summed E-state index contributed by atoms with van der Waals surface area (Å²) in [5.74, 6) is -0.187. The lowest BCUT2D eigenvalue weighted by molar-refractivity contribution is -0.128. The third kappa shape index (κ3) is 3.61. The highest BCUT2D eigenvalue weighted by Crippen LogP contribution is 2.19. The number of aromatic nitrogens is 1. The predicted molar refractivity (Wildman–Crippen MR) is 83.7 cm³/mol. The van der Waals surface area contributed by atoms with E-state index in [4.69, 9.17) is 4.52 Å². The van der Waals surface area contributed by atoms with E-state index in [0.29, 0.717) is 31.8 Å². The molecule has 24 heavy (non-hydrogen) atoms. The molecule has 126 valence electrons. The number of carbonyl (C=O) groups is 2. The first kappa shape index (κ1) is 16.2. The predicted octanol–water partition coefficient (Wildman–Crippen LogP) is 1.55. The highest BCUT2D eigenvalue weighted by Gasteiger charge is 2.36. The summed E-state index contributed by atoms with van der Waals surface area (Å²) >= 11 is 0. The number of aryl methyl sites for hydroxylation is 1. The first-order chi connectivity index (χ1) is 11.5. The molecule has 0 spiro atoms.